The molecule has 0 unspecified atom stereocenters. The Kier molecular flexibility index (Phi) is 8.85. The van der Waals surface area contributed by atoms with E-state index in [2.05, 4.69) is 15.0 Å². The smallest absolute Gasteiger partial charge is 0.487 e. The minimum Gasteiger partial charge on any atom is -0.497 e. The Balaban J connectivity index is 1.50. The summed E-state index contributed by atoms with van der Waals surface area (Å²) in [6, 6.07) is 22.2. The van der Waals surface area contributed by atoms with Crippen molar-refractivity contribution < 1.29 is 27.8 Å². The van der Waals surface area contributed by atoms with Crippen LogP contribution in [0.25, 0.3) is 0 Å². The van der Waals surface area contributed by atoms with Gasteiger partial charge in [0.25, 0.3) is 0 Å². The fourth-order valence-corrected chi connectivity index (χ4v) is 4.89. The maximum Gasteiger partial charge on any atom is 0.487 e. The molecule has 1 fully saturated rings. The summed E-state index contributed by atoms with van der Waals surface area (Å²) in [4.78, 5) is 32.5. The standard InChI is InChI=1S/C27H24ClF2N3O4S/c1-36-21-11-7-20(8-12-21)32-26-33(16-15-18-5-3-2-4-6-18)24(34)17-23(38-26)25(35)31-19-9-13-22(14-10-19)37-27(28,29)30/h2-14,23H,15-17H2,1H3,(H,31,35)/t23-/m0/s1. The summed E-state index contributed by atoms with van der Waals surface area (Å²) in [7, 11) is 1.57. The van der Waals surface area contributed by atoms with Gasteiger partial charge in [-0.2, -0.15) is 0 Å². The summed E-state index contributed by atoms with van der Waals surface area (Å²) in [6.45, 7) is 0.409. The van der Waals surface area contributed by atoms with E-state index in [0.717, 1.165) is 5.56 Å². The van der Waals surface area contributed by atoms with E-state index in [1.54, 1.807) is 36.3 Å². The van der Waals surface area contributed by atoms with E-state index in [1.807, 2.05) is 30.3 Å². The molecule has 7 nitrogen and oxygen atoms in total. The first-order chi connectivity index (χ1) is 18.2. The van der Waals surface area contributed by atoms with Gasteiger partial charge in [0.2, 0.25) is 11.8 Å². The van der Waals surface area contributed by atoms with Crippen molar-refractivity contribution in [2.75, 3.05) is 19.0 Å². The van der Waals surface area contributed by atoms with Gasteiger partial charge in [-0.3, -0.25) is 14.5 Å². The van der Waals surface area contributed by atoms with Crippen molar-refractivity contribution in [1.82, 2.24) is 4.90 Å². The third-order valence-corrected chi connectivity index (χ3v) is 6.82. The summed E-state index contributed by atoms with van der Waals surface area (Å²) in [5.41, 5.74) is -1.80. The van der Waals surface area contributed by atoms with Crippen LogP contribution < -0.4 is 14.8 Å². The Labute approximate surface area is 227 Å². The van der Waals surface area contributed by atoms with E-state index in [9.17, 15) is 18.4 Å². The second-order valence-corrected chi connectivity index (χ2v) is 9.86. The summed E-state index contributed by atoms with van der Waals surface area (Å²) in [5.74, 6) is -0.121. The Bertz CT molecular complexity index is 1290. The number of benzene rings is 3. The zero-order valence-corrected chi connectivity index (χ0v) is 21.8. The van der Waals surface area contributed by atoms with Gasteiger partial charge in [-0.25, -0.2) is 4.99 Å². The van der Waals surface area contributed by atoms with Crippen molar-refractivity contribution in [2.24, 2.45) is 4.99 Å². The third-order valence-electron chi connectivity index (χ3n) is 5.55. The van der Waals surface area contributed by atoms with Gasteiger partial charge in [0.05, 0.1) is 12.8 Å². The van der Waals surface area contributed by atoms with Crippen LogP contribution in [0.2, 0.25) is 0 Å². The second-order valence-electron chi connectivity index (χ2n) is 8.25. The van der Waals surface area contributed by atoms with Crippen molar-refractivity contribution in [3.05, 3.63) is 84.4 Å². The van der Waals surface area contributed by atoms with Gasteiger partial charge in [-0.15, -0.1) is 8.78 Å². The highest BCUT2D eigenvalue weighted by Crippen LogP contribution is 2.31. The van der Waals surface area contributed by atoms with Crippen LogP contribution >= 0.6 is 23.4 Å². The molecule has 4 rings (SSSR count). The Morgan fingerprint density at radius 1 is 1.08 bits per heavy atom. The number of methoxy groups -OCH3 is 1. The molecule has 1 aliphatic rings. The number of nitrogens with zero attached hydrogens (tertiary/aromatic N) is 2. The molecule has 1 atom stereocenters. The van der Waals surface area contributed by atoms with Gasteiger partial charge < -0.3 is 14.8 Å². The van der Waals surface area contributed by atoms with Crippen molar-refractivity contribution >= 4 is 51.7 Å². The van der Waals surface area contributed by atoms with Crippen LogP contribution in [0, 0.1) is 0 Å². The molecule has 0 bridgehead atoms. The van der Waals surface area contributed by atoms with E-state index in [1.165, 1.54) is 36.0 Å². The molecule has 0 spiro atoms. The molecule has 0 radical (unpaired) electrons. The predicted molar refractivity (Wildman–Crippen MR) is 144 cm³/mol. The maximum absolute atomic E-state index is 13.2. The molecule has 0 aromatic heterocycles. The molecular formula is C27H24ClF2N3O4S. The quantitative estimate of drug-likeness (QED) is 0.322. The lowest BCUT2D eigenvalue weighted by atomic mass is 10.1. The minimum absolute atomic E-state index is 0.0212. The SMILES string of the molecule is COc1ccc(N=C2S[C@H](C(=O)Nc3ccc(OC(F)(F)Cl)cc3)CC(=O)N2CCc2ccccc2)cc1. The van der Waals surface area contributed by atoms with E-state index >= 15 is 0 Å². The number of halogens is 3. The van der Waals surface area contributed by atoms with Crippen LogP contribution in [-0.4, -0.2) is 46.4 Å². The largest absolute Gasteiger partial charge is 0.497 e. The molecule has 11 heteroatoms. The first-order valence-electron chi connectivity index (χ1n) is 11.6. The van der Waals surface area contributed by atoms with Crippen LogP contribution in [0.1, 0.15) is 12.0 Å². The average Bonchev–Trinajstić information content (AvgIpc) is 2.89. The third kappa shape index (κ3) is 7.69. The number of amides is 2. The number of amidine groups is 1. The molecule has 0 saturated carbocycles. The zero-order valence-electron chi connectivity index (χ0n) is 20.3. The molecular weight excluding hydrogens is 536 g/mol. The molecule has 198 valence electrons. The summed E-state index contributed by atoms with van der Waals surface area (Å²) in [5, 5.41) is 2.39. The van der Waals surface area contributed by atoms with Crippen molar-refractivity contribution in [3.8, 4) is 11.5 Å². The molecule has 1 heterocycles. The molecule has 2 amide bonds. The summed E-state index contributed by atoms with van der Waals surface area (Å²) in [6.07, 6.45) is 0.605. The van der Waals surface area contributed by atoms with Gasteiger partial charge >= 0.3 is 5.57 Å². The molecule has 0 aliphatic carbocycles. The van der Waals surface area contributed by atoms with Gasteiger partial charge in [0.1, 0.15) is 16.7 Å². The van der Waals surface area contributed by atoms with E-state index < -0.39 is 16.7 Å². The number of alkyl halides is 3. The lowest BCUT2D eigenvalue weighted by molar-refractivity contribution is -0.129. The summed E-state index contributed by atoms with van der Waals surface area (Å²) >= 11 is 5.97. The van der Waals surface area contributed by atoms with Gasteiger partial charge in [-0.1, -0.05) is 42.1 Å². The van der Waals surface area contributed by atoms with E-state index in [-0.39, 0.29) is 18.1 Å². The van der Waals surface area contributed by atoms with Crippen LogP contribution in [0.5, 0.6) is 11.5 Å². The fourth-order valence-electron chi connectivity index (χ4n) is 3.68. The van der Waals surface area contributed by atoms with Crippen LogP contribution in [0.3, 0.4) is 0 Å². The Hall–Kier alpha value is -3.63. The van der Waals surface area contributed by atoms with Crippen molar-refractivity contribution in [2.45, 2.75) is 23.7 Å². The number of nitrogens with one attached hydrogen (secondary N) is 1. The minimum atomic E-state index is -3.84. The number of anilines is 1. The highest BCUT2D eigenvalue weighted by atomic mass is 35.5. The highest BCUT2D eigenvalue weighted by molar-refractivity contribution is 8.15. The van der Waals surface area contributed by atoms with Crippen LogP contribution in [0.15, 0.2) is 83.9 Å². The normalized spacial score (nSPS) is 16.8. The van der Waals surface area contributed by atoms with Crippen molar-refractivity contribution in [1.29, 1.82) is 0 Å². The Morgan fingerprint density at radius 2 is 1.74 bits per heavy atom. The first-order valence-corrected chi connectivity index (χ1v) is 12.9. The molecule has 3 aromatic rings. The topological polar surface area (TPSA) is 80.2 Å². The predicted octanol–water partition coefficient (Wildman–Crippen LogP) is 6.07. The molecule has 1 aliphatic heterocycles. The Morgan fingerprint density at radius 3 is 2.37 bits per heavy atom. The number of hydrogen-bond acceptors (Lipinski definition) is 6. The zero-order chi connectivity index (χ0) is 27.1. The number of rotatable bonds is 9. The van der Waals surface area contributed by atoms with E-state index in [4.69, 9.17) is 16.3 Å². The average molecular weight is 560 g/mol. The maximum atomic E-state index is 13.2. The van der Waals surface area contributed by atoms with Gasteiger partial charge in [0, 0.05) is 30.3 Å². The highest BCUT2D eigenvalue weighted by Gasteiger charge is 2.36. The number of carbonyl (C=O) groups excluding carboxylic acids is 2. The second kappa shape index (κ2) is 12.3. The molecule has 1 N–H and O–H groups in total. The summed E-state index contributed by atoms with van der Waals surface area (Å²) < 4.78 is 35.1. The lowest BCUT2D eigenvalue weighted by Crippen LogP contribution is -2.46. The van der Waals surface area contributed by atoms with Crippen molar-refractivity contribution in [3.63, 3.8) is 0 Å². The van der Waals surface area contributed by atoms with Crippen LogP contribution in [0.4, 0.5) is 20.2 Å². The van der Waals surface area contributed by atoms with Gasteiger partial charge in [-0.05, 0) is 60.5 Å². The number of ether oxygens (including phenoxy) is 2. The molecule has 38 heavy (non-hydrogen) atoms. The number of thioether (sulfide) groups is 1. The van der Waals surface area contributed by atoms with E-state index in [0.29, 0.717) is 35.3 Å². The fraction of sp³-hybridized carbons (Fsp3) is 0.222. The monoisotopic (exact) mass is 559 g/mol. The number of aliphatic imine (C=N–C) groups is 1. The first kappa shape index (κ1) is 27.4. The number of hydrogen-bond donors (Lipinski definition) is 1. The van der Waals surface area contributed by atoms with Gasteiger partial charge in [0.15, 0.2) is 5.17 Å². The lowest BCUT2D eigenvalue weighted by Gasteiger charge is -2.32. The van der Waals surface area contributed by atoms with Crippen LogP contribution in [-0.2, 0) is 16.0 Å². The number of carbonyl (C=O) groups is 2. The molecule has 1 saturated heterocycles. The molecule has 3 aromatic carbocycles.